The average molecular weight is 369 g/mol. The average Bonchev–Trinajstić information content (AvgIpc) is 2.73. The van der Waals surface area contributed by atoms with Gasteiger partial charge in [-0.15, -0.1) is 0 Å². The maximum Gasteiger partial charge on any atom is 0.260 e. The Kier molecular flexibility index (Phi) is 7.11. The number of benzene rings is 2. The molecule has 1 unspecified atom stereocenters. The Hall–Kier alpha value is -2.53. The van der Waals surface area contributed by atoms with Crippen LogP contribution in [0.4, 0.5) is 0 Å². The number of piperidine rings is 1. The lowest BCUT2D eigenvalue weighted by Gasteiger charge is -2.32. The summed E-state index contributed by atoms with van der Waals surface area (Å²) in [6.45, 7) is 2.88. The Labute approximate surface area is 160 Å². The molecule has 2 aromatic rings. The molecule has 5 nitrogen and oxygen atoms in total. The van der Waals surface area contributed by atoms with Crippen molar-refractivity contribution in [1.82, 2.24) is 4.90 Å². The molecule has 0 radical (unpaired) electrons. The maximum absolute atomic E-state index is 12.5. The second-order valence-electron chi connectivity index (χ2n) is 6.81. The quantitative estimate of drug-likeness (QED) is 0.714. The lowest BCUT2D eigenvalue weighted by atomic mass is 9.99. The molecular formula is C22H27NO4. The summed E-state index contributed by atoms with van der Waals surface area (Å²) in [5, 5.41) is 0. The van der Waals surface area contributed by atoms with Gasteiger partial charge >= 0.3 is 0 Å². The molecule has 0 saturated carbocycles. The minimum absolute atomic E-state index is 0.0265. The molecule has 5 heteroatoms. The molecule has 0 aromatic heterocycles. The largest absolute Gasteiger partial charge is 0.497 e. The van der Waals surface area contributed by atoms with Gasteiger partial charge < -0.3 is 19.1 Å². The van der Waals surface area contributed by atoms with E-state index in [1.54, 1.807) is 7.11 Å². The zero-order valence-corrected chi connectivity index (χ0v) is 15.8. The lowest BCUT2D eigenvalue weighted by molar-refractivity contribution is -0.135. The molecule has 1 fully saturated rings. The molecule has 1 aliphatic rings. The van der Waals surface area contributed by atoms with E-state index in [1.807, 2.05) is 47.4 Å². The number of hydrogen-bond donors (Lipinski definition) is 0. The van der Waals surface area contributed by atoms with Gasteiger partial charge in [-0.2, -0.15) is 0 Å². The molecule has 0 N–H and O–H groups in total. The highest BCUT2D eigenvalue weighted by Gasteiger charge is 2.24. The van der Waals surface area contributed by atoms with Gasteiger partial charge in [0.05, 0.1) is 20.3 Å². The second-order valence-corrected chi connectivity index (χ2v) is 6.81. The first-order chi connectivity index (χ1) is 13.2. The summed E-state index contributed by atoms with van der Waals surface area (Å²) in [6, 6.07) is 17.4. The van der Waals surface area contributed by atoms with Crippen LogP contribution in [-0.2, 0) is 16.1 Å². The summed E-state index contributed by atoms with van der Waals surface area (Å²) < 4.78 is 16.6. The summed E-state index contributed by atoms with van der Waals surface area (Å²) in [5.74, 6) is 1.85. The molecule has 1 saturated heterocycles. The molecule has 0 spiro atoms. The van der Waals surface area contributed by atoms with Crippen LogP contribution < -0.4 is 9.47 Å². The summed E-state index contributed by atoms with van der Waals surface area (Å²) in [5.41, 5.74) is 1.18. The Morgan fingerprint density at radius 1 is 1.07 bits per heavy atom. The molecule has 1 aliphatic heterocycles. The highest BCUT2D eigenvalue weighted by molar-refractivity contribution is 5.77. The van der Waals surface area contributed by atoms with Crippen molar-refractivity contribution in [2.75, 3.05) is 33.4 Å². The standard InChI is InChI=1S/C22H27NO4/c1-25-20-9-11-21(12-10-20)27-17-22(24)23-13-5-8-19(14-23)16-26-15-18-6-3-2-4-7-18/h2-4,6-7,9-12,19H,5,8,13-17H2,1H3. The van der Waals surface area contributed by atoms with Crippen LogP contribution >= 0.6 is 0 Å². The van der Waals surface area contributed by atoms with E-state index in [9.17, 15) is 4.79 Å². The van der Waals surface area contributed by atoms with E-state index < -0.39 is 0 Å². The van der Waals surface area contributed by atoms with Crippen LogP contribution in [0.3, 0.4) is 0 Å². The van der Waals surface area contributed by atoms with Crippen LogP contribution in [0.5, 0.6) is 11.5 Å². The number of carbonyl (C=O) groups excluding carboxylic acids is 1. The van der Waals surface area contributed by atoms with Crippen molar-refractivity contribution in [2.45, 2.75) is 19.4 Å². The molecule has 1 atom stereocenters. The SMILES string of the molecule is COc1ccc(OCC(=O)N2CCCC(COCc3ccccc3)C2)cc1. The van der Waals surface area contributed by atoms with Crippen molar-refractivity contribution in [3.63, 3.8) is 0 Å². The van der Waals surface area contributed by atoms with Crippen molar-refractivity contribution in [2.24, 2.45) is 5.92 Å². The highest BCUT2D eigenvalue weighted by atomic mass is 16.5. The van der Waals surface area contributed by atoms with Gasteiger partial charge in [0.15, 0.2) is 6.61 Å². The topological polar surface area (TPSA) is 48.0 Å². The Morgan fingerprint density at radius 3 is 2.56 bits per heavy atom. The first-order valence-corrected chi connectivity index (χ1v) is 9.41. The van der Waals surface area contributed by atoms with E-state index in [1.165, 1.54) is 5.56 Å². The van der Waals surface area contributed by atoms with Gasteiger partial charge in [0.25, 0.3) is 5.91 Å². The van der Waals surface area contributed by atoms with Gasteiger partial charge in [0.2, 0.25) is 0 Å². The third-order valence-electron chi connectivity index (χ3n) is 4.76. The fraction of sp³-hybridized carbons (Fsp3) is 0.409. The minimum Gasteiger partial charge on any atom is -0.497 e. The fourth-order valence-electron chi connectivity index (χ4n) is 3.25. The predicted octanol–water partition coefficient (Wildman–Crippen LogP) is 3.53. The van der Waals surface area contributed by atoms with Crippen molar-refractivity contribution in [3.8, 4) is 11.5 Å². The van der Waals surface area contributed by atoms with Crippen molar-refractivity contribution in [1.29, 1.82) is 0 Å². The zero-order valence-electron chi connectivity index (χ0n) is 15.8. The van der Waals surface area contributed by atoms with Gasteiger partial charge in [0.1, 0.15) is 11.5 Å². The molecular weight excluding hydrogens is 342 g/mol. The van der Waals surface area contributed by atoms with Crippen LogP contribution in [0.2, 0.25) is 0 Å². The number of hydrogen-bond acceptors (Lipinski definition) is 4. The highest BCUT2D eigenvalue weighted by Crippen LogP contribution is 2.19. The van der Waals surface area contributed by atoms with Gasteiger partial charge in [-0.05, 0) is 48.6 Å². The normalized spacial score (nSPS) is 16.8. The van der Waals surface area contributed by atoms with Crippen LogP contribution in [0.25, 0.3) is 0 Å². The first-order valence-electron chi connectivity index (χ1n) is 9.41. The number of likely N-dealkylation sites (tertiary alicyclic amines) is 1. The number of carbonyl (C=O) groups is 1. The molecule has 144 valence electrons. The molecule has 0 aliphatic carbocycles. The molecule has 1 heterocycles. The predicted molar refractivity (Wildman–Crippen MR) is 104 cm³/mol. The Balaban J connectivity index is 1.40. The summed E-state index contributed by atoms with van der Waals surface area (Å²) in [4.78, 5) is 14.4. The summed E-state index contributed by atoms with van der Waals surface area (Å²) in [7, 11) is 1.62. The van der Waals surface area contributed by atoms with E-state index in [0.29, 0.717) is 24.9 Å². The second kappa shape index (κ2) is 9.97. The molecule has 2 aromatic carbocycles. The van der Waals surface area contributed by atoms with Crippen LogP contribution in [0.15, 0.2) is 54.6 Å². The third-order valence-corrected chi connectivity index (χ3v) is 4.76. The smallest absolute Gasteiger partial charge is 0.260 e. The van der Waals surface area contributed by atoms with Crippen molar-refractivity contribution in [3.05, 3.63) is 60.2 Å². The molecule has 3 rings (SSSR count). The van der Waals surface area contributed by atoms with Crippen LogP contribution in [0, 0.1) is 5.92 Å². The maximum atomic E-state index is 12.5. The molecule has 0 bridgehead atoms. The van der Waals surface area contributed by atoms with E-state index >= 15 is 0 Å². The van der Waals surface area contributed by atoms with Gasteiger partial charge in [-0.25, -0.2) is 0 Å². The number of nitrogens with zero attached hydrogens (tertiary/aromatic N) is 1. The number of methoxy groups -OCH3 is 1. The number of ether oxygens (including phenoxy) is 3. The Morgan fingerprint density at radius 2 is 1.81 bits per heavy atom. The lowest BCUT2D eigenvalue weighted by Crippen LogP contribution is -2.43. The molecule has 27 heavy (non-hydrogen) atoms. The third kappa shape index (κ3) is 6.00. The summed E-state index contributed by atoms with van der Waals surface area (Å²) in [6.07, 6.45) is 2.10. The first kappa shape index (κ1) is 19.2. The van der Waals surface area contributed by atoms with E-state index in [-0.39, 0.29) is 12.5 Å². The number of rotatable bonds is 8. The van der Waals surface area contributed by atoms with E-state index in [2.05, 4.69) is 12.1 Å². The van der Waals surface area contributed by atoms with E-state index in [4.69, 9.17) is 14.2 Å². The van der Waals surface area contributed by atoms with Crippen molar-refractivity contribution >= 4 is 5.91 Å². The van der Waals surface area contributed by atoms with Gasteiger partial charge in [-0.1, -0.05) is 30.3 Å². The monoisotopic (exact) mass is 369 g/mol. The number of amides is 1. The van der Waals surface area contributed by atoms with Crippen LogP contribution in [-0.4, -0.2) is 44.2 Å². The Bertz CT molecular complexity index is 702. The fourth-order valence-corrected chi connectivity index (χ4v) is 3.25. The summed E-state index contributed by atoms with van der Waals surface area (Å²) >= 11 is 0. The zero-order chi connectivity index (χ0) is 18.9. The van der Waals surface area contributed by atoms with Crippen molar-refractivity contribution < 1.29 is 19.0 Å². The minimum atomic E-state index is 0.0265. The van der Waals surface area contributed by atoms with Gasteiger partial charge in [-0.3, -0.25) is 4.79 Å². The molecule has 1 amide bonds. The van der Waals surface area contributed by atoms with Crippen LogP contribution in [0.1, 0.15) is 18.4 Å². The van der Waals surface area contributed by atoms with E-state index in [0.717, 1.165) is 31.7 Å². The van der Waals surface area contributed by atoms with Gasteiger partial charge in [0, 0.05) is 13.1 Å².